The molecular weight excluding hydrogens is 250 g/mol. The van der Waals surface area contributed by atoms with Gasteiger partial charge in [-0.15, -0.1) is 0 Å². The van der Waals surface area contributed by atoms with Gasteiger partial charge < -0.3 is 4.74 Å². The van der Waals surface area contributed by atoms with E-state index in [-0.39, 0.29) is 0 Å². The van der Waals surface area contributed by atoms with Crippen molar-refractivity contribution >= 4 is 17.4 Å². The molecule has 2 rings (SSSR count). The maximum absolute atomic E-state index is 11.1. The largest absolute Gasteiger partial charge is 0.492 e. The first-order valence-corrected chi connectivity index (χ1v) is 6.66. The number of piperidine rings is 1. The smallest absolute Gasteiger partial charge is 0.135 e. The van der Waals surface area contributed by atoms with Crippen molar-refractivity contribution in [2.24, 2.45) is 0 Å². The molecule has 1 aromatic rings. The van der Waals surface area contributed by atoms with Crippen molar-refractivity contribution in [3.05, 3.63) is 28.8 Å². The van der Waals surface area contributed by atoms with Gasteiger partial charge in [-0.05, 0) is 30.7 Å². The molecule has 1 aromatic carbocycles. The molecule has 0 aromatic heterocycles. The second-order valence-electron chi connectivity index (χ2n) is 4.64. The van der Waals surface area contributed by atoms with Crippen LogP contribution in [0.25, 0.3) is 0 Å². The molecule has 0 bridgehead atoms. The van der Waals surface area contributed by atoms with E-state index in [1.807, 2.05) is 25.1 Å². The number of carbonyl (C=O) groups is 1. The lowest BCUT2D eigenvalue weighted by atomic mass is 10.1. The topological polar surface area (TPSA) is 29.5 Å². The van der Waals surface area contributed by atoms with Crippen LogP contribution in [0.3, 0.4) is 0 Å². The Labute approximate surface area is 113 Å². The van der Waals surface area contributed by atoms with E-state index in [2.05, 4.69) is 4.90 Å². The third kappa shape index (κ3) is 3.72. The Kier molecular flexibility index (Phi) is 4.61. The Hall–Kier alpha value is -1.06. The summed E-state index contributed by atoms with van der Waals surface area (Å²) in [4.78, 5) is 13.4. The Bertz CT molecular complexity index is 424. The van der Waals surface area contributed by atoms with Gasteiger partial charge in [0.1, 0.15) is 18.1 Å². The van der Waals surface area contributed by atoms with E-state index >= 15 is 0 Å². The first kappa shape index (κ1) is 13.4. The fourth-order valence-electron chi connectivity index (χ4n) is 2.03. The van der Waals surface area contributed by atoms with Crippen LogP contribution in [0.1, 0.15) is 18.4 Å². The predicted octanol–water partition coefficient (Wildman–Crippen LogP) is 2.69. The zero-order chi connectivity index (χ0) is 13.0. The van der Waals surface area contributed by atoms with Crippen molar-refractivity contribution in [1.29, 1.82) is 0 Å². The molecule has 0 radical (unpaired) electrons. The summed E-state index contributed by atoms with van der Waals surface area (Å²) in [7, 11) is 0. The summed E-state index contributed by atoms with van der Waals surface area (Å²) >= 11 is 5.95. The van der Waals surface area contributed by atoms with E-state index in [4.69, 9.17) is 16.3 Å². The van der Waals surface area contributed by atoms with E-state index in [0.717, 1.165) is 36.0 Å². The second kappa shape index (κ2) is 6.21. The highest BCUT2D eigenvalue weighted by molar-refractivity contribution is 6.31. The Balaban J connectivity index is 1.74. The SMILES string of the molecule is Cc1cc(OCCN2CCC(=O)CC2)ccc1Cl. The Morgan fingerprint density at radius 3 is 2.72 bits per heavy atom. The minimum Gasteiger partial charge on any atom is -0.492 e. The molecule has 3 nitrogen and oxygen atoms in total. The average Bonchev–Trinajstić information content (AvgIpc) is 2.36. The van der Waals surface area contributed by atoms with Crippen LogP contribution in [0.5, 0.6) is 5.75 Å². The standard InChI is InChI=1S/C14H18ClNO2/c1-11-10-13(2-3-14(11)15)18-9-8-16-6-4-12(17)5-7-16/h2-3,10H,4-9H2,1H3. The van der Waals surface area contributed by atoms with Crippen LogP contribution in [0, 0.1) is 6.92 Å². The van der Waals surface area contributed by atoms with Crippen molar-refractivity contribution in [2.75, 3.05) is 26.2 Å². The first-order valence-electron chi connectivity index (χ1n) is 6.28. The fraction of sp³-hybridized carbons (Fsp3) is 0.500. The van der Waals surface area contributed by atoms with Gasteiger partial charge in [0.05, 0.1) is 0 Å². The summed E-state index contributed by atoms with van der Waals surface area (Å²) in [6, 6.07) is 5.68. The molecule has 1 aliphatic heterocycles. The molecule has 18 heavy (non-hydrogen) atoms. The fourth-order valence-corrected chi connectivity index (χ4v) is 2.14. The number of aryl methyl sites for hydroxylation is 1. The molecular formula is C14H18ClNO2. The van der Waals surface area contributed by atoms with Gasteiger partial charge in [-0.3, -0.25) is 9.69 Å². The lowest BCUT2D eigenvalue weighted by Gasteiger charge is -2.25. The lowest BCUT2D eigenvalue weighted by Crippen LogP contribution is -2.36. The number of Topliss-reactive ketones (excluding diaryl/α,β-unsaturated/α-hetero) is 1. The highest BCUT2D eigenvalue weighted by Crippen LogP contribution is 2.21. The zero-order valence-electron chi connectivity index (χ0n) is 10.6. The van der Waals surface area contributed by atoms with Crippen LogP contribution in [0.4, 0.5) is 0 Å². The number of ether oxygens (including phenoxy) is 1. The number of hydrogen-bond acceptors (Lipinski definition) is 3. The van der Waals surface area contributed by atoms with Crippen LogP contribution in [-0.2, 0) is 4.79 Å². The third-order valence-corrected chi connectivity index (χ3v) is 3.64. The monoisotopic (exact) mass is 267 g/mol. The number of halogens is 1. The predicted molar refractivity (Wildman–Crippen MR) is 72.4 cm³/mol. The van der Waals surface area contributed by atoms with Gasteiger partial charge >= 0.3 is 0 Å². The van der Waals surface area contributed by atoms with Crippen LogP contribution < -0.4 is 4.74 Å². The van der Waals surface area contributed by atoms with Crippen LogP contribution in [0.15, 0.2) is 18.2 Å². The number of rotatable bonds is 4. The minimum atomic E-state index is 0.375. The molecule has 1 saturated heterocycles. The summed E-state index contributed by atoms with van der Waals surface area (Å²) in [6.07, 6.45) is 1.36. The average molecular weight is 268 g/mol. The number of ketones is 1. The van der Waals surface area contributed by atoms with Gasteiger partial charge in [-0.25, -0.2) is 0 Å². The Morgan fingerprint density at radius 1 is 1.33 bits per heavy atom. The normalized spacial score (nSPS) is 16.9. The number of likely N-dealkylation sites (tertiary alicyclic amines) is 1. The van der Waals surface area contributed by atoms with Crippen molar-refractivity contribution in [3.63, 3.8) is 0 Å². The quantitative estimate of drug-likeness (QED) is 0.840. The van der Waals surface area contributed by atoms with Crippen LogP contribution >= 0.6 is 11.6 Å². The maximum atomic E-state index is 11.1. The summed E-state index contributed by atoms with van der Waals surface area (Å²) in [5.41, 5.74) is 1.03. The van der Waals surface area contributed by atoms with Gasteiger partial charge in [0.2, 0.25) is 0 Å². The van der Waals surface area contributed by atoms with Crippen LogP contribution in [-0.4, -0.2) is 36.9 Å². The third-order valence-electron chi connectivity index (χ3n) is 3.22. The second-order valence-corrected chi connectivity index (χ2v) is 5.05. The van der Waals surface area contributed by atoms with Crippen molar-refractivity contribution in [3.8, 4) is 5.75 Å². The molecule has 98 valence electrons. The Morgan fingerprint density at radius 2 is 2.06 bits per heavy atom. The van der Waals surface area contributed by atoms with Gasteiger partial charge in [0.15, 0.2) is 0 Å². The molecule has 0 N–H and O–H groups in total. The van der Waals surface area contributed by atoms with E-state index in [9.17, 15) is 4.79 Å². The molecule has 1 heterocycles. The maximum Gasteiger partial charge on any atom is 0.135 e. The summed E-state index contributed by atoms with van der Waals surface area (Å²) in [5.74, 6) is 1.23. The van der Waals surface area contributed by atoms with Crippen molar-refractivity contribution in [2.45, 2.75) is 19.8 Å². The lowest BCUT2D eigenvalue weighted by molar-refractivity contribution is -0.121. The number of benzene rings is 1. The molecule has 0 atom stereocenters. The van der Waals surface area contributed by atoms with Gasteiger partial charge in [-0.1, -0.05) is 11.6 Å². The van der Waals surface area contributed by atoms with E-state index in [0.29, 0.717) is 25.2 Å². The highest BCUT2D eigenvalue weighted by Gasteiger charge is 2.15. The molecule has 1 aliphatic rings. The van der Waals surface area contributed by atoms with E-state index in [1.54, 1.807) is 0 Å². The number of carbonyl (C=O) groups excluding carboxylic acids is 1. The molecule has 0 spiro atoms. The van der Waals surface area contributed by atoms with E-state index < -0.39 is 0 Å². The molecule has 0 aliphatic carbocycles. The summed E-state index contributed by atoms with van der Waals surface area (Å²) < 4.78 is 5.69. The van der Waals surface area contributed by atoms with Crippen LogP contribution in [0.2, 0.25) is 5.02 Å². The molecule has 0 amide bonds. The van der Waals surface area contributed by atoms with E-state index in [1.165, 1.54) is 0 Å². The molecule has 4 heteroatoms. The highest BCUT2D eigenvalue weighted by atomic mass is 35.5. The van der Waals surface area contributed by atoms with Gasteiger partial charge in [0.25, 0.3) is 0 Å². The van der Waals surface area contributed by atoms with Gasteiger partial charge in [0, 0.05) is 37.5 Å². The van der Waals surface area contributed by atoms with Gasteiger partial charge in [-0.2, -0.15) is 0 Å². The summed E-state index contributed by atoms with van der Waals surface area (Å²) in [5, 5.41) is 0.761. The number of nitrogens with zero attached hydrogens (tertiary/aromatic N) is 1. The molecule has 0 unspecified atom stereocenters. The van der Waals surface area contributed by atoms with Crippen molar-refractivity contribution in [1.82, 2.24) is 4.90 Å². The minimum absolute atomic E-state index is 0.375. The number of hydrogen-bond donors (Lipinski definition) is 0. The molecule has 1 fully saturated rings. The zero-order valence-corrected chi connectivity index (χ0v) is 11.4. The molecule has 0 saturated carbocycles. The van der Waals surface area contributed by atoms with Crippen molar-refractivity contribution < 1.29 is 9.53 Å². The first-order chi connectivity index (χ1) is 8.65. The summed E-state index contributed by atoms with van der Waals surface area (Å²) in [6.45, 7) is 5.21.